The van der Waals surface area contributed by atoms with Crippen LogP contribution in [0.4, 0.5) is 34.8 Å². The maximum absolute atomic E-state index is 14.9. The highest BCUT2D eigenvalue weighted by atomic mass is 35.5. The van der Waals surface area contributed by atoms with Crippen molar-refractivity contribution in [2.75, 3.05) is 10.6 Å². The van der Waals surface area contributed by atoms with Crippen molar-refractivity contribution in [3.05, 3.63) is 87.1 Å². The molecule has 2 aromatic heterocycles. The molecule has 3 aromatic rings. The van der Waals surface area contributed by atoms with Crippen LogP contribution < -0.4 is 10.6 Å². The number of anilines is 2. The van der Waals surface area contributed by atoms with E-state index in [1.54, 1.807) is 0 Å². The number of ether oxygens (including phenoxy) is 1. The van der Waals surface area contributed by atoms with E-state index in [1.807, 2.05) is 0 Å². The SMILES string of the molecule is C[C@@]1(c2nc(NC(=O)c3ccc(Cl)cn3)ccc2F)C[C@@H](C(F)(F)F)OC(Nc2ccc([N+](=O)[O-])cc2)=N1. The van der Waals surface area contributed by atoms with E-state index in [0.29, 0.717) is 5.02 Å². The molecule has 0 saturated heterocycles. The number of pyridine rings is 2. The fraction of sp³-hybridized carbons (Fsp3) is 0.217. The number of amidine groups is 1. The van der Waals surface area contributed by atoms with E-state index in [4.69, 9.17) is 16.3 Å². The Morgan fingerprint density at radius 1 is 1.18 bits per heavy atom. The lowest BCUT2D eigenvalue weighted by molar-refractivity contribution is -0.384. The summed E-state index contributed by atoms with van der Waals surface area (Å²) in [5, 5.41) is 16.1. The third kappa shape index (κ3) is 5.96. The van der Waals surface area contributed by atoms with Gasteiger partial charge in [0.2, 0.25) is 0 Å². The predicted molar refractivity (Wildman–Crippen MR) is 128 cm³/mol. The van der Waals surface area contributed by atoms with Crippen LogP contribution in [0, 0.1) is 15.9 Å². The number of hydrogen-bond donors (Lipinski definition) is 2. The van der Waals surface area contributed by atoms with Crippen LogP contribution in [0.15, 0.2) is 59.7 Å². The van der Waals surface area contributed by atoms with Crippen LogP contribution in [0.1, 0.15) is 29.5 Å². The molecule has 0 radical (unpaired) electrons. The smallest absolute Gasteiger partial charge is 0.425 e. The fourth-order valence-electron chi connectivity index (χ4n) is 3.59. The fourth-order valence-corrected chi connectivity index (χ4v) is 3.70. The van der Waals surface area contributed by atoms with Crippen LogP contribution in [-0.4, -0.2) is 39.1 Å². The number of non-ortho nitro benzene ring substituents is 1. The second-order valence-corrected chi connectivity index (χ2v) is 8.75. The Bertz CT molecular complexity index is 1400. The monoisotopic (exact) mass is 552 g/mol. The Balaban J connectivity index is 1.66. The second-order valence-electron chi connectivity index (χ2n) is 8.31. The average molecular weight is 553 g/mol. The van der Waals surface area contributed by atoms with Crippen LogP contribution in [0.3, 0.4) is 0 Å². The minimum atomic E-state index is -4.85. The van der Waals surface area contributed by atoms with Gasteiger partial charge in [0, 0.05) is 30.4 Å². The van der Waals surface area contributed by atoms with Gasteiger partial charge >= 0.3 is 6.18 Å². The summed E-state index contributed by atoms with van der Waals surface area (Å²) in [7, 11) is 0. The maximum Gasteiger partial charge on any atom is 0.425 e. The number of nitro groups is 1. The number of nitro benzene ring substituents is 1. The van der Waals surface area contributed by atoms with Gasteiger partial charge in [-0.05, 0) is 43.3 Å². The number of aromatic nitrogens is 2. The van der Waals surface area contributed by atoms with Crippen molar-refractivity contribution >= 4 is 40.7 Å². The molecule has 1 aliphatic heterocycles. The first-order valence-corrected chi connectivity index (χ1v) is 11.2. The van der Waals surface area contributed by atoms with Crippen molar-refractivity contribution in [2.24, 2.45) is 4.99 Å². The number of rotatable bonds is 5. The van der Waals surface area contributed by atoms with E-state index in [9.17, 15) is 32.5 Å². The molecule has 2 N–H and O–H groups in total. The van der Waals surface area contributed by atoms with Gasteiger partial charge in [-0.15, -0.1) is 0 Å². The molecule has 0 aliphatic carbocycles. The number of aliphatic imine (C=N–C) groups is 1. The van der Waals surface area contributed by atoms with Crippen LogP contribution in [0.25, 0.3) is 0 Å². The molecule has 0 spiro atoms. The van der Waals surface area contributed by atoms with Gasteiger partial charge in [-0.25, -0.2) is 19.4 Å². The van der Waals surface area contributed by atoms with Crippen molar-refractivity contribution in [1.82, 2.24) is 9.97 Å². The van der Waals surface area contributed by atoms with Gasteiger partial charge in [0.1, 0.15) is 28.6 Å². The summed E-state index contributed by atoms with van der Waals surface area (Å²) in [5.41, 5.74) is -2.47. The minimum Gasteiger partial charge on any atom is -0.452 e. The van der Waals surface area contributed by atoms with Crippen LogP contribution in [0.5, 0.6) is 0 Å². The van der Waals surface area contributed by atoms with Gasteiger partial charge in [0.05, 0.1) is 9.95 Å². The summed E-state index contributed by atoms with van der Waals surface area (Å²) >= 11 is 5.76. The third-order valence-electron chi connectivity index (χ3n) is 5.44. The third-order valence-corrected chi connectivity index (χ3v) is 5.66. The molecule has 4 rings (SSSR count). The van der Waals surface area contributed by atoms with E-state index in [0.717, 1.165) is 24.3 Å². The van der Waals surface area contributed by atoms with Crippen LogP contribution in [-0.2, 0) is 10.3 Å². The van der Waals surface area contributed by atoms with E-state index in [2.05, 4.69) is 25.6 Å². The molecule has 0 unspecified atom stereocenters. The average Bonchev–Trinajstić information content (AvgIpc) is 2.85. The van der Waals surface area contributed by atoms with Gasteiger partial charge in [-0.3, -0.25) is 14.9 Å². The van der Waals surface area contributed by atoms with Crippen molar-refractivity contribution in [3.8, 4) is 0 Å². The number of nitrogens with one attached hydrogen (secondary N) is 2. The van der Waals surface area contributed by atoms with Gasteiger partial charge < -0.3 is 15.4 Å². The van der Waals surface area contributed by atoms with Gasteiger partial charge in [0.15, 0.2) is 6.10 Å². The molecule has 38 heavy (non-hydrogen) atoms. The Morgan fingerprint density at radius 2 is 1.89 bits per heavy atom. The number of carbonyl (C=O) groups excluding carboxylic acids is 1. The Morgan fingerprint density at radius 3 is 2.50 bits per heavy atom. The molecule has 0 fully saturated rings. The summed E-state index contributed by atoms with van der Waals surface area (Å²) in [5.74, 6) is -1.82. The lowest BCUT2D eigenvalue weighted by atomic mass is 9.89. The summed E-state index contributed by atoms with van der Waals surface area (Å²) < 4.78 is 61.2. The number of nitrogens with zero attached hydrogens (tertiary/aromatic N) is 4. The second kappa shape index (κ2) is 10.2. The standard InChI is InChI=1S/C23H17ClF4N6O4/c1-22(19-15(25)7-9-18(31-19)32-20(35)16-8-2-12(24)11-29-16)10-17(23(26,27)28)38-21(33-22)30-13-3-5-14(6-4-13)34(36)37/h2-9,11,17H,10H2,1H3,(H,30,33)(H,31,32,35)/t17-,22-/m0/s1. The number of amides is 1. The van der Waals surface area contributed by atoms with Crippen molar-refractivity contribution in [1.29, 1.82) is 0 Å². The molecule has 1 amide bonds. The summed E-state index contributed by atoms with van der Waals surface area (Å²) in [6.45, 7) is 1.24. The molecule has 1 aliphatic rings. The Hall–Kier alpha value is -4.33. The van der Waals surface area contributed by atoms with E-state index >= 15 is 0 Å². The largest absolute Gasteiger partial charge is 0.452 e. The molecular formula is C23H17ClF4N6O4. The van der Waals surface area contributed by atoms with Gasteiger partial charge in [-0.1, -0.05) is 11.6 Å². The van der Waals surface area contributed by atoms with Crippen molar-refractivity contribution in [3.63, 3.8) is 0 Å². The first-order chi connectivity index (χ1) is 17.8. The van der Waals surface area contributed by atoms with Crippen molar-refractivity contribution < 1.29 is 32.0 Å². The quantitative estimate of drug-likeness (QED) is 0.244. The molecule has 1 aromatic carbocycles. The van der Waals surface area contributed by atoms with Crippen molar-refractivity contribution in [2.45, 2.75) is 31.2 Å². The molecule has 0 bridgehead atoms. The molecule has 2 atom stereocenters. The number of carbonyl (C=O) groups is 1. The zero-order valence-corrected chi connectivity index (χ0v) is 20.0. The first-order valence-electron chi connectivity index (χ1n) is 10.8. The molecule has 198 valence electrons. The van der Waals surface area contributed by atoms with E-state index in [-0.39, 0.29) is 22.9 Å². The Labute approximate surface area is 216 Å². The first kappa shape index (κ1) is 26.7. The zero-order valence-electron chi connectivity index (χ0n) is 19.3. The molecular weight excluding hydrogens is 536 g/mol. The number of halogens is 5. The Kier molecular flexibility index (Phi) is 7.18. The summed E-state index contributed by atoms with van der Waals surface area (Å²) in [6, 6.07) is 9.01. The van der Waals surface area contributed by atoms with Crippen LogP contribution >= 0.6 is 11.6 Å². The lowest BCUT2D eigenvalue weighted by Crippen LogP contribution is -2.46. The minimum absolute atomic E-state index is 0.0240. The molecule has 0 saturated carbocycles. The van der Waals surface area contributed by atoms with Crippen LogP contribution in [0.2, 0.25) is 5.02 Å². The summed E-state index contributed by atoms with van der Waals surface area (Å²) in [6.07, 6.45) is -6.80. The maximum atomic E-state index is 14.9. The highest BCUT2D eigenvalue weighted by Gasteiger charge is 2.51. The van der Waals surface area contributed by atoms with Gasteiger partial charge in [0.25, 0.3) is 17.6 Å². The van der Waals surface area contributed by atoms with Gasteiger partial charge in [-0.2, -0.15) is 13.2 Å². The normalized spacial score (nSPS) is 19.2. The lowest BCUT2D eigenvalue weighted by Gasteiger charge is -2.36. The molecule has 15 heteroatoms. The summed E-state index contributed by atoms with van der Waals surface area (Å²) in [4.78, 5) is 34.8. The number of alkyl halides is 3. The molecule has 3 heterocycles. The van der Waals surface area contributed by atoms with E-state index < -0.39 is 52.6 Å². The number of hydrogen-bond acceptors (Lipinski definition) is 8. The topological polar surface area (TPSA) is 132 Å². The number of benzene rings is 1. The highest BCUT2D eigenvalue weighted by molar-refractivity contribution is 6.30. The molecule has 10 nitrogen and oxygen atoms in total. The zero-order chi connectivity index (χ0) is 27.7. The predicted octanol–water partition coefficient (Wildman–Crippen LogP) is 5.46. The highest BCUT2D eigenvalue weighted by Crippen LogP contribution is 2.41. The van der Waals surface area contributed by atoms with E-state index in [1.165, 1.54) is 37.4 Å².